The lowest BCUT2D eigenvalue weighted by atomic mass is 10.0. The molecule has 0 fully saturated rings. The predicted octanol–water partition coefficient (Wildman–Crippen LogP) is 5.77. The Morgan fingerprint density at radius 1 is 1.08 bits per heavy atom. The van der Waals surface area contributed by atoms with Gasteiger partial charge in [0, 0.05) is 35.0 Å². The van der Waals surface area contributed by atoms with Crippen molar-refractivity contribution in [2.45, 2.75) is 32.7 Å². The number of nitrogens with zero attached hydrogens (tertiary/aromatic N) is 5. The predicted molar refractivity (Wildman–Crippen MR) is 136 cm³/mol. The Morgan fingerprint density at radius 3 is 2.56 bits per heavy atom. The summed E-state index contributed by atoms with van der Waals surface area (Å²) >= 11 is 1.56. The number of oxazole rings is 1. The summed E-state index contributed by atoms with van der Waals surface area (Å²) in [5.41, 5.74) is 3.79. The van der Waals surface area contributed by atoms with Gasteiger partial charge in [0.2, 0.25) is 17.7 Å². The van der Waals surface area contributed by atoms with Gasteiger partial charge in [0.25, 0.3) is 5.91 Å². The first-order chi connectivity index (χ1) is 17.5. The maximum Gasteiger partial charge on any atom is 0.253 e. The van der Waals surface area contributed by atoms with E-state index in [-0.39, 0.29) is 11.8 Å². The molecule has 0 spiro atoms. The molecule has 0 radical (unpaired) electrons. The van der Waals surface area contributed by atoms with Crippen molar-refractivity contribution in [1.82, 2.24) is 25.1 Å². The second-order valence-corrected chi connectivity index (χ2v) is 9.75. The fourth-order valence-corrected chi connectivity index (χ4v) is 4.59. The molecule has 1 atom stereocenters. The van der Waals surface area contributed by atoms with Crippen LogP contribution in [-0.4, -0.2) is 38.0 Å². The zero-order valence-corrected chi connectivity index (χ0v) is 21.0. The van der Waals surface area contributed by atoms with Gasteiger partial charge in [-0.3, -0.25) is 4.79 Å². The zero-order chi connectivity index (χ0) is 25.1. The Kier molecular flexibility index (Phi) is 6.73. The third-order valence-corrected chi connectivity index (χ3v) is 6.59. The molecule has 182 valence electrons. The minimum absolute atomic E-state index is 0.0392. The van der Waals surface area contributed by atoms with Gasteiger partial charge in [-0.05, 0) is 37.1 Å². The summed E-state index contributed by atoms with van der Waals surface area (Å²) in [6.07, 6.45) is 3.84. The lowest BCUT2D eigenvalue weighted by molar-refractivity contribution is 0.0783. The van der Waals surface area contributed by atoms with Gasteiger partial charge in [0.1, 0.15) is 6.26 Å². The van der Waals surface area contributed by atoms with Gasteiger partial charge >= 0.3 is 0 Å². The smallest absolute Gasteiger partial charge is 0.253 e. The molecule has 3 aromatic heterocycles. The maximum atomic E-state index is 13.4. The SMILES string of the molecule is Cc1nc(CN(C)C(=O)c2cc(-c3ncco3)cc(-c3nnc(C(C)Cc4ccccc4)o3)c2)cs1. The van der Waals surface area contributed by atoms with Crippen molar-refractivity contribution in [2.24, 2.45) is 0 Å². The number of benzene rings is 2. The van der Waals surface area contributed by atoms with Crippen molar-refractivity contribution in [3.63, 3.8) is 0 Å². The monoisotopic (exact) mass is 499 g/mol. The Bertz CT molecular complexity index is 1460. The summed E-state index contributed by atoms with van der Waals surface area (Å²) < 4.78 is 11.6. The standard InChI is InChI=1S/C27H25N5O3S/c1-17(11-19-7-5-4-6-8-19)24-30-31-26(35-24)21-12-20(25-28-9-10-34-25)13-22(14-21)27(33)32(3)15-23-16-36-18(2)29-23/h4-10,12-14,16-17H,11,15H2,1-3H3. The minimum Gasteiger partial charge on any atom is -0.445 e. The van der Waals surface area contributed by atoms with E-state index < -0.39 is 0 Å². The van der Waals surface area contributed by atoms with Gasteiger partial charge in [-0.1, -0.05) is 37.3 Å². The van der Waals surface area contributed by atoms with Crippen LogP contribution in [0.1, 0.15) is 45.4 Å². The number of aromatic nitrogens is 4. The van der Waals surface area contributed by atoms with E-state index >= 15 is 0 Å². The quantitative estimate of drug-likeness (QED) is 0.267. The molecule has 36 heavy (non-hydrogen) atoms. The van der Waals surface area contributed by atoms with E-state index in [1.165, 1.54) is 11.8 Å². The topological polar surface area (TPSA) is 98.2 Å². The number of thiazole rings is 1. The van der Waals surface area contributed by atoms with Crippen LogP contribution >= 0.6 is 11.3 Å². The van der Waals surface area contributed by atoms with Gasteiger partial charge < -0.3 is 13.7 Å². The highest BCUT2D eigenvalue weighted by Gasteiger charge is 2.21. The average Bonchev–Trinajstić information content (AvgIpc) is 3.66. The molecule has 0 saturated heterocycles. The molecule has 0 aliphatic carbocycles. The second kappa shape index (κ2) is 10.2. The summed E-state index contributed by atoms with van der Waals surface area (Å²) in [7, 11) is 1.75. The molecule has 0 N–H and O–H groups in total. The fourth-order valence-electron chi connectivity index (χ4n) is 3.99. The Hall–Kier alpha value is -4.11. The number of hydrogen-bond donors (Lipinski definition) is 0. The zero-order valence-electron chi connectivity index (χ0n) is 20.2. The third-order valence-electron chi connectivity index (χ3n) is 5.77. The van der Waals surface area contributed by atoms with E-state index in [0.717, 1.165) is 17.1 Å². The van der Waals surface area contributed by atoms with Gasteiger partial charge in [0.15, 0.2) is 0 Å². The highest BCUT2D eigenvalue weighted by atomic mass is 32.1. The second-order valence-electron chi connectivity index (χ2n) is 8.69. The molecule has 1 unspecified atom stereocenters. The van der Waals surface area contributed by atoms with Crippen LogP contribution < -0.4 is 0 Å². The van der Waals surface area contributed by atoms with Gasteiger partial charge in [-0.15, -0.1) is 21.5 Å². The summed E-state index contributed by atoms with van der Waals surface area (Å²) in [5, 5.41) is 11.5. The molecular weight excluding hydrogens is 474 g/mol. The number of aryl methyl sites for hydroxylation is 1. The molecule has 5 aromatic rings. The third kappa shape index (κ3) is 5.26. The van der Waals surface area contributed by atoms with Crippen LogP contribution in [0, 0.1) is 6.92 Å². The normalized spacial score (nSPS) is 12.0. The van der Waals surface area contributed by atoms with E-state index in [4.69, 9.17) is 8.83 Å². The van der Waals surface area contributed by atoms with Gasteiger partial charge in [-0.2, -0.15) is 0 Å². The first-order valence-electron chi connectivity index (χ1n) is 11.6. The van der Waals surface area contributed by atoms with Crippen LogP contribution in [0.4, 0.5) is 0 Å². The Labute approximate surface area is 212 Å². The highest BCUT2D eigenvalue weighted by Crippen LogP contribution is 2.29. The van der Waals surface area contributed by atoms with E-state index in [1.807, 2.05) is 36.6 Å². The van der Waals surface area contributed by atoms with E-state index in [9.17, 15) is 4.79 Å². The van der Waals surface area contributed by atoms with Gasteiger partial charge in [-0.25, -0.2) is 9.97 Å². The van der Waals surface area contributed by atoms with E-state index in [2.05, 4.69) is 39.2 Å². The lowest BCUT2D eigenvalue weighted by Gasteiger charge is -2.17. The van der Waals surface area contributed by atoms with Crippen molar-refractivity contribution in [3.05, 3.63) is 94.1 Å². The molecule has 1 amide bonds. The maximum absolute atomic E-state index is 13.4. The molecule has 0 aliphatic rings. The Morgan fingerprint density at radius 2 is 1.86 bits per heavy atom. The summed E-state index contributed by atoms with van der Waals surface area (Å²) in [6.45, 7) is 4.41. The van der Waals surface area contributed by atoms with Crippen LogP contribution in [0.2, 0.25) is 0 Å². The number of carbonyl (C=O) groups is 1. The summed E-state index contributed by atoms with van der Waals surface area (Å²) in [4.78, 5) is 23.7. The molecule has 2 aromatic carbocycles. The average molecular weight is 500 g/mol. The highest BCUT2D eigenvalue weighted by molar-refractivity contribution is 7.09. The molecule has 8 nitrogen and oxygen atoms in total. The number of hydrogen-bond acceptors (Lipinski definition) is 8. The van der Waals surface area contributed by atoms with Crippen molar-refractivity contribution < 1.29 is 13.6 Å². The largest absolute Gasteiger partial charge is 0.445 e. The summed E-state index contributed by atoms with van der Waals surface area (Å²) in [5.74, 6) is 1.16. The molecular formula is C27H25N5O3S. The Balaban J connectivity index is 1.44. The summed E-state index contributed by atoms with van der Waals surface area (Å²) in [6, 6.07) is 15.5. The molecule has 0 saturated carbocycles. The number of rotatable bonds is 8. The van der Waals surface area contributed by atoms with Crippen molar-refractivity contribution in [3.8, 4) is 22.9 Å². The van der Waals surface area contributed by atoms with Crippen LogP contribution in [0.3, 0.4) is 0 Å². The van der Waals surface area contributed by atoms with Crippen LogP contribution in [0.5, 0.6) is 0 Å². The van der Waals surface area contributed by atoms with Crippen LogP contribution in [0.15, 0.2) is 75.2 Å². The number of amides is 1. The van der Waals surface area contributed by atoms with Crippen LogP contribution in [0.25, 0.3) is 22.9 Å². The first-order valence-corrected chi connectivity index (χ1v) is 12.4. The number of carbonyl (C=O) groups excluding carboxylic acids is 1. The van der Waals surface area contributed by atoms with Crippen molar-refractivity contribution >= 4 is 17.2 Å². The molecule has 9 heteroatoms. The fraction of sp³-hybridized carbons (Fsp3) is 0.222. The minimum atomic E-state index is -0.160. The lowest BCUT2D eigenvalue weighted by Crippen LogP contribution is -2.26. The molecule has 0 bridgehead atoms. The molecule has 5 rings (SSSR count). The van der Waals surface area contributed by atoms with Crippen LogP contribution in [-0.2, 0) is 13.0 Å². The van der Waals surface area contributed by atoms with E-state index in [0.29, 0.717) is 40.9 Å². The van der Waals surface area contributed by atoms with Crippen molar-refractivity contribution in [1.29, 1.82) is 0 Å². The first kappa shape index (κ1) is 23.6. The van der Waals surface area contributed by atoms with E-state index in [1.54, 1.807) is 41.6 Å². The van der Waals surface area contributed by atoms with Crippen molar-refractivity contribution in [2.75, 3.05) is 7.05 Å². The molecule has 0 aliphatic heterocycles. The molecule has 3 heterocycles. The van der Waals surface area contributed by atoms with Gasteiger partial charge in [0.05, 0.1) is 23.4 Å².